The zero-order valence-electron chi connectivity index (χ0n) is 25.0. The summed E-state index contributed by atoms with van der Waals surface area (Å²) in [4.78, 5) is 65.7. The molecule has 0 aromatic carbocycles. The van der Waals surface area contributed by atoms with Crippen LogP contribution >= 0.6 is 0 Å². The molecule has 43 heavy (non-hydrogen) atoms. The minimum atomic E-state index is -0.397. The Morgan fingerprint density at radius 3 is 2.51 bits per heavy atom. The van der Waals surface area contributed by atoms with E-state index in [4.69, 9.17) is 15.1 Å². The number of hydrogen-bond acceptors (Lipinski definition) is 9. The van der Waals surface area contributed by atoms with E-state index in [2.05, 4.69) is 10.3 Å². The molecule has 1 amide bonds. The van der Waals surface area contributed by atoms with Crippen molar-refractivity contribution in [2.24, 2.45) is 0 Å². The lowest BCUT2D eigenvalue weighted by Gasteiger charge is -2.28. The van der Waals surface area contributed by atoms with Crippen LogP contribution in [0.2, 0.25) is 0 Å². The molecule has 11 heteroatoms. The predicted molar refractivity (Wildman–Crippen MR) is 162 cm³/mol. The molecule has 2 aliphatic rings. The van der Waals surface area contributed by atoms with Crippen LogP contribution in [0.3, 0.4) is 0 Å². The van der Waals surface area contributed by atoms with Gasteiger partial charge in [0.15, 0.2) is 11.6 Å². The quantitative estimate of drug-likeness (QED) is 0.233. The van der Waals surface area contributed by atoms with Crippen molar-refractivity contribution in [2.45, 2.75) is 97.1 Å². The fourth-order valence-electron chi connectivity index (χ4n) is 6.31. The van der Waals surface area contributed by atoms with Gasteiger partial charge in [-0.15, -0.1) is 0 Å². The summed E-state index contributed by atoms with van der Waals surface area (Å²) in [6.07, 6.45) is 10.3. The summed E-state index contributed by atoms with van der Waals surface area (Å²) < 4.78 is 1.70. The number of ketones is 2. The highest BCUT2D eigenvalue weighted by Crippen LogP contribution is 2.32. The second kappa shape index (κ2) is 13.5. The van der Waals surface area contributed by atoms with Crippen molar-refractivity contribution in [2.75, 3.05) is 18.5 Å². The molecule has 5 rings (SSSR count). The van der Waals surface area contributed by atoms with Crippen molar-refractivity contribution in [1.82, 2.24) is 24.4 Å². The summed E-state index contributed by atoms with van der Waals surface area (Å²) in [5, 5.41) is 12.7. The molecule has 3 aromatic heterocycles. The van der Waals surface area contributed by atoms with Crippen LogP contribution in [0.5, 0.6) is 0 Å². The smallest absolute Gasteiger partial charge is 0.263 e. The van der Waals surface area contributed by atoms with Gasteiger partial charge in [-0.25, -0.2) is 9.97 Å². The molecule has 1 saturated carbocycles. The Kier molecular flexibility index (Phi) is 9.59. The number of pyridine rings is 2. The second-order valence-electron chi connectivity index (χ2n) is 11.7. The second-order valence-corrected chi connectivity index (χ2v) is 11.7. The summed E-state index contributed by atoms with van der Waals surface area (Å²) >= 11 is 0. The Labute approximate surface area is 250 Å². The maximum Gasteiger partial charge on any atom is 0.263 e. The molecule has 1 aliphatic heterocycles. The van der Waals surface area contributed by atoms with Crippen molar-refractivity contribution in [3.05, 3.63) is 51.1 Å². The number of aryl methyl sites for hydroxylation is 1. The van der Waals surface area contributed by atoms with E-state index >= 15 is 0 Å². The van der Waals surface area contributed by atoms with E-state index in [0.29, 0.717) is 60.7 Å². The highest BCUT2D eigenvalue weighted by molar-refractivity contribution is 5.99. The zero-order chi connectivity index (χ0) is 30.5. The molecule has 0 unspecified atom stereocenters. The van der Waals surface area contributed by atoms with Gasteiger partial charge in [-0.05, 0) is 56.7 Å². The molecule has 0 saturated heterocycles. The van der Waals surface area contributed by atoms with Crippen LogP contribution in [-0.2, 0) is 22.6 Å². The van der Waals surface area contributed by atoms with Crippen LogP contribution in [0, 0.1) is 6.92 Å². The standard InChI is InChI=1S/C32H40N6O5/c1-20-25-17-33-32(36-30(25)38(23-9-7-8-10-23)31(43)29(20)21(2)40)35-27-14-13-22-18-37(16-15-26(22)34-27)28(42)12-6-4-3-5-11-24(41)19-39/h13-14,17,23,39H,3-12,15-16,18-19H2,1-2H3,(H,33,34,35,36). The van der Waals surface area contributed by atoms with Crippen molar-refractivity contribution in [1.29, 1.82) is 0 Å². The first kappa shape index (κ1) is 30.5. The van der Waals surface area contributed by atoms with Crippen LogP contribution in [0.1, 0.15) is 104 Å². The first-order chi connectivity index (χ1) is 20.8. The van der Waals surface area contributed by atoms with Crippen molar-refractivity contribution >= 4 is 40.3 Å². The molecule has 0 radical (unpaired) electrons. The molecule has 228 valence electrons. The summed E-state index contributed by atoms with van der Waals surface area (Å²) in [6, 6.07) is 3.83. The molecule has 1 fully saturated rings. The number of fused-ring (bicyclic) bond motifs is 2. The number of aromatic nitrogens is 4. The minimum absolute atomic E-state index is 0.00603. The number of anilines is 2. The van der Waals surface area contributed by atoms with E-state index in [0.717, 1.165) is 62.6 Å². The van der Waals surface area contributed by atoms with Gasteiger partial charge in [0.2, 0.25) is 11.9 Å². The number of carbonyl (C=O) groups excluding carboxylic acids is 3. The first-order valence-corrected chi connectivity index (χ1v) is 15.4. The molecule has 11 nitrogen and oxygen atoms in total. The monoisotopic (exact) mass is 588 g/mol. The number of amides is 1. The lowest BCUT2D eigenvalue weighted by molar-refractivity contribution is -0.132. The number of rotatable bonds is 12. The van der Waals surface area contributed by atoms with Crippen LogP contribution in [0.25, 0.3) is 11.0 Å². The number of carbonyl (C=O) groups is 3. The molecule has 1 aliphatic carbocycles. The Morgan fingerprint density at radius 1 is 1.05 bits per heavy atom. The van der Waals surface area contributed by atoms with Crippen molar-refractivity contribution in [3.63, 3.8) is 0 Å². The number of hydrogen-bond donors (Lipinski definition) is 2. The van der Waals surface area contributed by atoms with Gasteiger partial charge in [0.1, 0.15) is 18.1 Å². The molecule has 0 atom stereocenters. The Morgan fingerprint density at radius 2 is 1.79 bits per heavy atom. The highest BCUT2D eigenvalue weighted by atomic mass is 16.3. The highest BCUT2D eigenvalue weighted by Gasteiger charge is 2.26. The van der Waals surface area contributed by atoms with E-state index in [1.54, 1.807) is 17.7 Å². The molecule has 3 aromatic rings. The topological polar surface area (TPSA) is 147 Å². The van der Waals surface area contributed by atoms with E-state index in [1.165, 1.54) is 6.92 Å². The number of aliphatic hydroxyl groups is 1. The SMILES string of the molecule is CC(=O)c1c(C)c2cnc(Nc3ccc4c(n3)CCN(C(=O)CCCCCCC(=O)CO)C4)nc2n(C2CCCC2)c1=O. The average molecular weight is 589 g/mol. The molecule has 0 bridgehead atoms. The molecular formula is C32H40N6O5. The zero-order valence-corrected chi connectivity index (χ0v) is 25.0. The van der Waals surface area contributed by atoms with Gasteiger partial charge in [-0.2, -0.15) is 4.98 Å². The Hall–Kier alpha value is -3.99. The summed E-state index contributed by atoms with van der Waals surface area (Å²) in [5.41, 5.74) is 2.99. The lowest BCUT2D eigenvalue weighted by Crippen LogP contribution is -2.36. The van der Waals surface area contributed by atoms with E-state index in [1.807, 2.05) is 17.0 Å². The van der Waals surface area contributed by atoms with Crippen LogP contribution in [-0.4, -0.2) is 60.2 Å². The Bertz CT molecular complexity index is 1590. The van der Waals surface area contributed by atoms with Gasteiger partial charge in [0, 0.05) is 55.7 Å². The first-order valence-electron chi connectivity index (χ1n) is 15.4. The van der Waals surface area contributed by atoms with Gasteiger partial charge < -0.3 is 15.3 Å². The van der Waals surface area contributed by atoms with E-state index < -0.39 is 6.61 Å². The summed E-state index contributed by atoms with van der Waals surface area (Å²) in [5.74, 6) is 0.657. The van der Waals surface area contributed by atoms with E-state index in [-0.39, 0.29) is 34.6 Å². The molecule has 2 N–H and O–H groups in total. The largest absolute Gasteiger partial charge is 0.389 e. The number of nitrogens with one attached hydrogen (secondary N) is 1. The normalized spacial score (nSPS) is 15.1. The number of Topliss-reactive ketones (excluding diaryl/α,β-unsaturated/α-hetero) is 2. The molecule has 0 spiro atoms. The predicted octanol–water partition coefficient (Wildman–Crippen LogP) is 4.34. The molecule has 4 heterocycles. The number of nitrogens with zero attached hydrogens (tertiary/aromatic N) is 5. The van der Waals surface area contributed by atoms with Crippen molar-refractivity contribution in [3.8, 4) is 0 Å². The maximum atomic E-state index is 13.5. The number of unbranched alkanes of at least 4 members (excludes halogenated alkanes) is 3. The van der Waals surface area contributed by atoms with E-state index in [9.17, 15) is 19.2 Å². The summed E-state index contributed by atoms with van der Waals surface area (Å²) in [6.45, 7) is 3.93. The Balaban J connectivity index is 1.26. The van der Waals surface area contributed by atoms with Crippen LogP contribution < -0.4 is 10.9 Å². The third-order valence-corrected chi connectivity index (χ3v) is 8.66. The summed E-state index contributed by atoms with van der Waals surface area (Å²) in [7, 11) is 0. The van der Waals surface area contributed by atoms with Crippen LogP contribution in [0.15, 0.2) is 23.1 Å². The van der Waals surface area contributed by atoms with Crippen LogP contribution in [0.4, 0.5) is 11.8 Å². The van der Waals surface area contributed by atoms with Gasteiger partial charge in [0.05, 0.1) is 5.56 Å². The minimum Gasteiger partial charge on any atom is -0.389 e. The maximum absolute atomic E-state index is 13.5. The van der Waals surface area contributed by atoms with Gasteiger partial charge >= 0.3 is 0 Å². The number of aliphatic hydroxyl groups excluding tert-OH is 1. The fraction of sp³-hybridized carbons (Fsp3) is 0.531. The van der Waals surface area contributed by atoms with Crippen molar-refractivity contribution < 1.29 is 19.5 Å². The van der Waals surface area contributed by atoms with Gasteiger partial charge in [-0.1, -0.05) is 31.7 Å². The fourth-order valence-corrected chi connectivity index (χ4v) is 6.31. The third-order valence-electron chi connectivity index (χ3n) is 8.66. The van der Waals surface area contributed by atoms with Gasteiger partial charge in [0.25, 0.3) is 5.56 Å². The third kappa shape index (κ3) is 6.82. The molecular weight excluding hydrogens is 548 g/mol. The average Bonchev–Trinajstić information content (AvgIpc) is 3.52. The van der Waals surface area contributed by atoms with Gasteiger partial charge in [-0.3, -0.25) is 23.7 Å². The lowest BCUT2D eigenvalue weighted by atomic mass is 10.0.